The van der Waals surface area contributed by atoms with Crippen LogP contribution in [0, 0.1) is 0 Å². The van der Waals surface area contributed by atoms with E-state index in [-0.39, 0.29) is 0 Å². The molecule has 3 nitrogen and oxygen atoms in total. The maximum absolute atomic E-state index is 6.51. The zero-order chi connectivity index (χ0) is 30.9. The topological polar surface area (TPSA) is 21.3 Å². The first-order chi connectivity index (χ1) is 23.3. The van der Waals surface area contributed by atoms with Gasteiger partial charge in [0.1, 0.15) is 11.2 Å². The molecular weight excluding hydrogens is 572 g/mol. The van der Waals surface area contributed by atoms with Gasteiger partial charge in [-0.3, -0.25) is 0 Å². The molecule has 0 aliphatic heterocycles. The van der Waals surface area contributed by atoms with Crippen LogP contribution in [0.15, 0.2) is 174 Å². The van der Waals surface area contributed by atoms with E-state index in [1.807, 2.05) is 6.07 Å². The second-order valence-corrected chi connectivity index (χ2v) is 12.1. The zero-order valence-corrected chi connectivity index (χ0v) is 25.5. The van der Waals surface area contributed by atoms with E-state index in [1.165, 1.54) is 32.6 Å². The zero-order valence-electron chi connectivity index (χ0n) is 25.5. The Morgan fingerprint density at radius 1 is 0.404 bits per heavy atom. The van der Waals surface area contributed by atoms with Gasteiger partial charge in [0.2, 0.25) is 0 Å². The smallest absolute Gasteiger partial charge is 0.143 e. The molecule has 2 aromatic heterocycles. The van der Waals surface area contributed by atoms with Gasteiger partial charge in [-0.25, -0.2) is 0 Å². The molecule has 0 amide bonds. The molecule has 0 atom stereocenters. The van der Waals surface area contributed by atoms with Gasteiger partial charge in [0.25, 0.3) is 0 Å². The Kier molecular flexibility index (Phi) is 5.57. The van der Waals surface area contributed by atoms with Crippen LogP contribution in [0.4, 0.5) is 17.1 Å². The lowest BCUT2D eigenvalue weighted by Gasteiger charge is -2.28. The number of furan rings is 1. The third kappa shape index (κ3) is 3.87. The Bertz CT molecular complexity index is 2800. The molecule has 0 unspecified atom stereocenters. The van der Waals surface area contributed by atoms with E-state index in [4.69, 9.17) is 4.42 Å². The van der Waals surface area contributed by atoms with Crippen LogP contribution in [0.25, 0.3) is 71.0 Å². The Morgan fingerprint density at radius 2 is 1.02 bits per heavy atom. The summed E-state index contributed by atoms with van der Waals surface area (Å²) < 4.78 is 8.88. The highest BCUT2D eigenvalue weighted by atomic mass is 16.3. The van der Waals surface area contributed by atoms with Crippen LogP contribution < -0.4 is 4.90 Å². The van der Waals surface area contributed by atoms with E-state index < -0.39 is 0 Å². The van der Waals surface area contributed by atoms with E-state index in [1.54, 1.807) is 0 Å². The van der Waals surface area contributed by atoms with E-state index in [2.05, 4.69) is 173 Å². The van der Waals surface area contributed by atoms with Crippen molar-refractivity contribution in [3.8, 4) is 5.69 Å². The number of fused-ring (bicyclic) bond motifs is 9. The normalized spacial score (nSPS) is 11.8. The number of hydrogen-bond acceptors (Lipinski definition) is 2. The summed E-state index contributed by atoms with van der Waals surface area (Å²) in [5, 5.41) is 9.36. The van der Waals surface area contributed by atoms with Gasteiger partial charge in [0.05, 0.1) is 22.4 Å². The van der Waals surface area contributed by atoms with Gasteiger partial charge in [-0.15, -0.1) is 0 Å². The monoisotopic (exact) mass is 600 g/mol. The number of rotatable bonds is 4. The molecule has 220 valence electrons. The fourth-order valence-corrected chi connectivity index (χ4v) is 7.49. The highest BCUT2D eigenvalue weighted by molar-refractivity contribution is 6.18. The van der Waals surface area contributed by atoms with Gasteiger partial charge in [-0.05, 0) is 66.0 Å². The molecule has 2 heterocycles. The lowest BCUT2D eigenvalue weighted by Crippen LogP contribution is -2.11. The first-order valence-electron chi connectivity index (χ1n) is 16.0. The molecule has 0 fully saturated rings. The number of benzene rings is 8. The third-order valence-corrected chi connectivity index (χ3v) is 9.56. The molecule has 0 saturated heterocycles. The maximum Gasteiger partial charge on any atom is 0.143 e. The van der Waals surface area contributed by atoms with Crippen molar-refractivity contribution in [1.29, 1.82) is 0 Å². The predicted molar refractivity (Wildman–Crippen MR) is 198 cm³/mol. The highest BCUT2D eigenvalue weighted by Gasteiger charge is 2.21. The number of nitrogens with zero attached hydrogens (tertiary/aromatic N) is 2. The maximum atomic E-state index is 6.51. The van der Waals surface area contributed by atoms with Crippen LogP contribution in [0.5, 0.6) is 0 Å². The first kappa shape index (κ1) is 26.0. The average Bonchev–Trinajstić information content (AvgIpc) is 3.68. The number of hydrogen-bond donors (Lipinski definition) is 0. The first-order valence-corrected chi connectivity index (χ1v) is 16.0. The molecule has 8 aromatic carbocycles. The van der Waals surface area contributed by atoms with Crippen molar-refractivity contribution in [2.45, 2.75) is 0 Å². The molecule has 0 bridgehead atoms. The summed E-state index contributed by atoms with van der Waals surface area (Å²) in [6, 6.07) is 60.8. The second kappa shape index (κ2) is 10.1. The van der Waals surface area contributed by atoms with Crippen molar-refractivity contribution < 1.29 is 4.42 Å². The summed E-state index contributed by atoms with van der Waals surface area (Å²) in [5.74, 6) is 0. The minimum absolute atomic E-state index is 0.909. The van der Waals surface area contributed by atoms with E-state index in [0.29, 0.717) is 0 Å². The Balaban J connectivity index is 1.28. The highest BCUT2D eigenvalue weighted by Crippen LogP contribution is 2.45. The SMILES string of the molecule is c1ccc(-n2c3ccccc3c3cc(N(c4cccc5ccccc45)c4cccc5c4ccc4c6ccccc6oc54)ccc32)cc1. The summed E-state index contributed by atoms with van der Waals surface area (Å²) in [7, 11) is 0. The van der Waals surface area contributed by atoms with Crippen molar-refractivity contribution in [3.63, 3.8) is 0 Å². The standard InChI is InChI=1S/C44H28N2O/c1-2-14-30(15-3-1)45-40-20-8-6-17-33(40)38-28-31(24-27-42(38)45)46(39-21-10-13-29-12-4-5-16-32(29)39)41-22-11-19-36-34(41)25-26-37-35-18-7-9-23-43(35)47-44(36)37/h1-28H. The lowest BCUT2D eigenvalue weighted by atomic mass is 10.0. The van der Waals surface area contributed by atoms with Crippen LogP contribution in [-0.4, -0.2) is 4.57 Å². The number of aromatic nitrogens is 1. The summed E-state index contributed by atoms with van der Waals surface area (Å²) in [6.45, 7) is 0. The van der Waals surface area contributed by atoms with E-state index in [0.717, 1.165) is 55.5 Å². The third-order valence-electron chi connectivity index (χ3n) is 9.56. The number of para-hydroxylation sites is 3. The molecule has 0 saturated carbocycles. The van der Waals surface area contributed by atoms with Crippen molar-refractivity contribution >= 4 is 82.4 Å². The van der Waals surface area contributed by atoms with Crippen molar-refractivity contribution in [3.05, 3.63) is 170 Å². The summed E-state index contributed by atoms with van der Waals surface area (Å²) in [5.41, 5.74) is 8.69. The lowest BCUT2D eigenvalue weighted by molar-refractivity contribution is 0.672. The number of anilines is 3. The Morgan fingerprint density at radius 3 is 1.91 bits per heavy atom. The minimum Gasteiger partial charge on any atom is -0.455 e. The van der Waals surface area contributed by atoms with Gasteiger partial charge in [0.15, 0.2) is 0 Å². The van der Waals surface area contributed by atoms with E-state index in [9.17, 15) is 0 Å². The summed E-state index contributed by atoms with van der Waals surface area (Å²) in [6.07, 6.45) is 0. The quantitative estimate of drug-likeness (QED) is 0.200. The van der Waals surface area contributed by atoms with E-state index >= 15 is 0 Å². The largest absolute Gasteiger partial charge is 0.455 e. The molecule has 10 aromatic rings. The van der Waals surface area contributed by atoms with Crippen LogP contribution in [0.3, 0.4) is 0 Å². The molecule has 10 rings (SSSR count). The van der Waals surface area contributed by atoms with Gasteiger partial charge in [-0.2, -0.15) is 0 Å². The van der Waals surface area contributed by atoms with Crippen LogP contribution in [0.1, 0.15) is 0 Å². The molecule has 0 aliphatic rings. The Hall–Kier alpha value is -6.32. The van der Waals surface area contributed by atoms with Crippen molar-refractivity contribution in [1.82, 2.24) is 4.57 Å². The fourth-order valence-electron chi connectivity index (χ4n) is 7.49. The fraction of sp³-hybridized carbons (Fsp3) is 0. The van der Waals surface area contributed by atoms with Gasteiger partial charge in [0, 0.05) is 49.1 Å². The molecule has 0 radical (unpaired) electrons. The molecular formula is C44H28N2O. The average molecular weight is 601 g/mol. The Labute approximate surface area is 271 Å². The summed E-state index contributed by atoms with van der Waals surface area (Å²) >= 11 is 0. The second-order valence-electron chi connectivity index (χ2n) is 12.1. The summed E-state index contributed by atoms with van der Waals surface area (Å²) in [4.78, 5) is 2.42. The molecule has 47 heavy (non-hydrogen) atoms. The van der Waals surface area contributed by atoms with Gasteiger partial charge < -0.3 is 13.9 Å². The molecule has 0 aliphatic carbocycles. The minimum atomic E-state index is 0.909. The van der Waals surface area contributed by atoms with Crippen LogP contribution >= 0.6 is 0 Å². The molecule has 3 heteroatoms. The van der Waals surface area contributed by atoms with Gasteiger partial charge in [-0.1, -0.05) is 109 Å². The predicted octanol–water partition coefficient (Wildman–Crippen LogP) is 12.5. The van der Waals surface area contributed by atoms with Crippen LogP contribution in [-0.2, 0) is 0 Å². The van der Waals surface area contributed by atoms with Crippen molar-refractivity contribution in [2.24, 2.45) is 0 Å². The van der Waals surface area contributed by atoms with Crippen LogP contribution in [0.2, 0.25) is 0 Å². The van der Waals surface area contributed by atoms with Gasteiger partial charge >= 0.3 is 0 Å². The molecule has 0 spiro atoms. The molecule has 0 N–H and O–H groups in total. The van der Waals surface area contributed by atoms with Crippen molar-refractivity contribution in [2.75, 3.05) is 4.90 Å².